The molecule has 1 aliphatic rings. The predicted molar refractivity (Wildman–Crippen MR) is 125 cm³/mol. The molecule has 0 spiro atoms. The lowest BCUT2D eigenvalue weighted by Crippen LogP contribution is -2.47. The summed E-state index contributed by atoms with van der Waals surface area (Å²) in [6, 6.07) is 11.0. The normalized spacial score (nSPS) is 14.0. The van der Waals surface area contributed by atoms with Crippen molar-refractivity contribution < 1.29 is 4.79 Å². The van der Waals surface area contributed by atoms with E-state index in [0.29, 0.717) is 10.9 Å². The Labute approximate surface area is 189 Å². The van der Waals surface area contributed by atoms with Crippen LogP contribution in [0.3, 0.4) is 0 Å². The van der Waals surface area contributed by atoms with E-state index >= 15 is 0 Å². The van der Waals surface area contributed by atoms with Crippen LogP contribution in [0.1, 0.15) is 10.6 Å². The molecule has 2 aromatic heterocycles. The van der Waals surface area contributed by atoms with Crippen LogP contribution in [0.15, 0.2) is 41.2 Å². The number of amides is 1. The average molecular weight is 459 g/mol. The lowest BCUT2D eigenvalue weighted by Gasteiger charge is -2.36. The maximum absolute atomic E-state index is 12.4. The lowest BCUT2D eigenvalue weighted by atomic mass is 10.2. The average Bonchev–Trinajstić information content (AvgIpc) is 3.06. The number of piperazine rings is 1. The topological polar surface area (TPSA) is 83.4 Å². The van der Waals surface area contributed by atoms with Crippen molar-refractivity contribution in [1.82, 2.24) is 14.8 Å². The van der Waals surface area contributed by atoms with Crippen LogP contribution in [-0.2, 0) is 11.3 Å². The monoisotopic (exact) mass is 458 g/mol. The van der Waals surface area contributed by atoms with E-state index in [-0.39, 0.29) is 18.0 Å². The highest BCUT2D eigenvalue weighted by Gasteiger charge is 2.20. The summed E-state index contributed by atoms with van der Waals surface area (Å²) in [7, 11) is 0. The van der Waals surface area contributed by atoms with E-state index in [1.54, 1.807) is 6.07 Å². The molecule has 8 nitrogen and oxygen atoms in total. The molecule has 10 heteroatoms. The van der Waals surface area contributed by atoms with E-state index in [4.69, 9.17) is 11.6 Å². The fourth-order valence-electron chi connectivity index (χ4n) is 3.41. The van der Waals surface area contributed by atoms with E-state index in [2.05, 4.69) is 25.2 Å². The van der Waals surface area contributed by atoms with Crippen LogP contribution in [0.25, 0.3) is 0 Å². The highest BCUT2D eigenvalue weighted by molar-refractivity contribution is 7.15. The number of rotatable bonds is 5. The molecule has 0 radical (unpaired) electrons. The number of hydrogen-bond acceptors (Lipinski definition) is 7. The summed E-state index contributed by atoms with van der Waals surface area (Å²) in [6.45, 7) is 6.80. The van der Waals surface area contributed by atoms with Crippen LogP contribution in [0.4, 0.5) is 16.6 Å². The molecular weight excluding hydrogens is 436 g/mol. The van der Waals surface area contributed by atoms with Crippen molar-refractivity contribution in [2.75, 3.05) is 41.3 Å². The highest BCUT2D eigenvalue weighted by atomic mass is 35.5. The van der Waals surface area contributed by atoms with E-state index in [1.165, 1.54) is 22.1 Å². The van der Waals surface area contributed by atoms with Gasteiger partial charge in [-0.15, -0.1) is 11.3 Å². The van der Waals surface area contributed by atoms with Crippen LogP contribution < -0.4 is 20.7 Å². The fourth-order valence-corrected chi connectivity index (χ4v) is 4.42. The van der Waals surface area contributed by atoms with Gasteiger partial charge in [-0.25, -0.2) is 9.67 Å². The third-order valence-electron chi connectivity index (χ3n) is 5.20. The van der Waals surface area contributed by atoms with Crippen LogP contribution in [-0.4, -0.2) is 46.9 Å². The molecule has 1 saturated heterocycles. The second-order valence-electron chi connectivity index (χ2n) is 7.35. The molecule has 1 aromatic carbocycles. The zero-order valence-electron chi connectivity index (χ0n) is 17.3. The summed E-state index contributed by atoms with van der Waals surface area (Å²) >= 11 is 7.52. The number of halogens is 1. The Kier molecular flexibility index (Phi) is 6.24. The van der Waals surface area contributed by atoms with E-state index in [1.807, 2.05) is 38.1 Å². The van der Waals surface area contributed by atoms with Crippen LogP contribution in [0.5, 0.6) is 0 Å². The van der Waals surface area contributed by atoms with Gasteiger partial charge in [0.25, 0.3) is 5.56 Å². The summed E-state index contributed by atoms with van der Waals surface area (Å²) in [6.07, 6.45) is 0. The number of hydrogen-bond donors (Lipinski definition) is 1. The van der Waals surface area contributed by atoms with Gasteiger partial charge in [0.1, 0.15) is 12.4 Å². The molecule has 1 N–H and O–H groups in total. The number of anilines is 3. The number of aromatic nitrogens is 3. The minimum Gasteiger partial charge on any atom is -0.368 e. The number of benzene rings is 1. The standard InChI is InChI=1S/C21H23ClN6O2S/c1-14-15(2)31-21(23-14)24-19(29)13-28-20(30)7-6-18(25-28)27-10-8-26(9-11-27)17-5-3-4-16(22)12-17/h3-7,12H,8-11,13H2,1-2H3,(H,23,24,29). The molecule has 0 bridgehead atoms. The molecule has 3 heterocycles. The Morgan fingerprint density at radius 1 is 1.13 bits per heavy atom. The minimum atomic E-state index is -0.328. The molecule has 1 amide bonds. The van der Waals surface area contributed by atoms with Gasteiger partial charge >= 0.3 is 0 Å². The third-order valence-corrected chi connectivity index (χ3v) is 6.42. The lowest BCUT2D eigenvalue weighted by molar-refractivity contribution is -0.117. The molecule has 1 aliphatic heterocycles. The van der Waals surface area contributed by atoms with Gasteiger partial charge in [0.15, 0.2) is 5.13 Å². The van der Waals surface area contributed by atoms with Gasteiger partial charge in [-0.1, -0.05) is 17.7 Å². The van der Waals surface area contributed by atoms with E-state index in [0.717, 1.165) is 47.5 Å². The summed E-state index contributed by atoms with van der Waals surface area (Å²) in [5.41, 5.74) is 1.66. The Hall–Kier alpha value is -2.91. The van der Waals surface area contributed by atoms with Gasteiger partial charge in [0, 0.05) is 47.8 Å². The molecule has 0 unspecified atom stereocenters. The number of aryl methyl sites for hydroxylation is 2. The SMILES string of the molecule is Cc1nc(NC(=O)Cn2nc(N3CCN(c4cccc(Cl)c4)CC3)ccc2=O)sc1C. The van der Waals surface area contributed by atoms with Gasteiger partial charge in [-0.05, 0) is 38.1 Å². The predicted octanol–water partition coefficient (Wildman–Crippen LogP) is 2.94. The minimum absolute atomic E-state index is 0.160. The summed E-state index contributed by atoms with van der Waals surface area (Å²) in [5.74, 6) is 0.352. The largest absolute Gasteiger partial charge is 0.368 e. The summed E-state index contributed by atoms with van der Waals surface area (Å²) < 4.78 is 1.20. The van der Waals surface area contributed by atoms with Crippen molar-refractivity contribution in [2.45, 2.75) is 20.4 Å². The second-order valence-corrected chi connectivity index (χ2v) is 8.99. The quantitative estimate of drug-likeness (QED) is 0.633. The van der Waals surface area contributed by atoms with E-state index in [9.17, 15) is 9.59 Å². The Morgan fingerprint density at radius 3 is 2.55 bits per heavy atom. The Morgan fingerprint density at radius 2 is 1.87 bits per heavy atom. The molecule has 3 aromatic rings. The van der Waals surface area contributed by atoms with Crippen molar-refractivity contribution in [3.63, 3.8) is 0 Å². The first kappa shape index (κ1) is 21.3. The first-order valence-electron chi connectivity index (χ1n) is 9.96. The number of carbonyl (C=O) groups is 1. The van der Waals surface area contributed by atoms with Crippen molar-refractivity contribution in [3.8, 4) is 0 Å². The molecule has 0 atom stereocenters. The molecule has 162 valence electrons. The van der Waals surface area contributed by atoms with Crippen LogP contribution in [0, 0.1) is 13.8 Å². The van der Waals surface area contributed by atoms with Crippen molar-refractivity contribution >= 4 is 45.5 Å². The molecule has 31 heavy (non-hydrogen) atoms. The summed E-state index contributed by atoms with van der Waals surface area (Å²) in [5, 5.41) is 8.42. The van der Waals surface area contributed by atoms with Gasteiger partial charge < -0.3 is 15.1 Å². The maximum Gasteiger partial charge on any atom is 0.267 e. The molecule has 4 rings (SSSR count). The van der Waals surface area contributed by atoms with Gasteiger partial charge in [-0.2, -0.15) is 5.10 Å². The van der Waals surface area contributed by atoms with Gasteiger partial charge in [-0.3, -0.25) is 9.59 Å². The molecular formula is C21H23ClN6O2S. The first-order chi connectivity index (χ1) is 14.9. The number of nitrogens with one attached hydrogen (secondary N) is 1. The van der Waals surface area contributed by atoms with Crippen LogP contribution in [0.2, 0.25) is 5.02 Å². The fraction of sp³-hybridized carbons (Fsp3) is 0.333. The number of carbonyl (C=O) groups excluding carboxylic acids is 1. The zero-order chi connectivity index (χ0) is 22.0. The maximum atomic E-state index is 12.4. The third kappa shape index (κ3) is 5.05. The smallest absolute Gasteiger partial charge is 0.267 e. The Bertz CT molecular complexity index is 1130. The second kappa shape index (κ2) is 9.07. The summed E-state index contributed by atoms with van der Waals surface area (Å²) in [4.78, 5) is 34.4. The van der Waals surface area contributed by atoms with Crippen molar-refractivity contribution in [2.24, 2.45) is 0 Å². The highest BCUT2D eigenvalue weighted by Crippen LogP contribution is 2.22. The number of thiazole rings is 1. The Balaban J connectivity index is 1.41. The van der Waals surface area contributed by atoms with Crippen LogP contribution >= 0.6 is 22.9 Å². The zero-order valence-corrected chi connectivity index (χ0v) is 18.9. The molecule has 0 saturated carbocycles. The first-order valence-corrected chi connectivity index (χ1v) is 11.2. The number of nitrogens with zero attached hydrogens (tertiary/aromatic N) is 5. The van der Waals surface area contributed by atoms with Crippen molar-refractivity contribution in [3.05, 3.63) is 62.3 Å². The molecule has 1 fully saturated rings. The van der Waals surface area contributed by atoms with Gasteiger partial charge in [0.05, 0.1) is 5.69 Å². The molecule has 0 aliphatic carbocycles. The van der Waals surface area contributed by atoms with Crippen molar-refractivity contribution in [1.29, 1.82) is 0 Å². The van der Waals surface area contributed by atoms with E-state index < -0.39 is 0 Å². The van der Waals surface area contributed by atoms with Gasteiger partial charge in [0.2, 0.25) is 5.91 Å².